The van der Waals surface area contributed by atoms with E-state index in [1.165, 1.54) is 27.7 Å². The van der Waals surface area contributed by atoms with E-state index in [0.29, 0.717) is 0 Å². The van der Waals surface area contributed by atoms with Gasteiger partial charge in [-0.3, -0.25) is 19.2 Å². The molecule has 0 N–H and O–H groups in total. The molecular weight excluding hydrogens is 323 g/mol. The Balaban J connectivity index is 3.11. The summed E-state index contributed by atoms with van der Waals surface area (Å²) in [7, 11) is 1.61. The summed E-state index contributed by atoms with van der Waals surface area (Å²) in [5, 5.41) is 0. The molecule has 134 valence electrons. The Morgan fingerprint density at radius 3 is 1.71 bits per heavy atom. The molecule has 1 saturated heterocycles. The summed E-state index contributed by atoms with van der Waals surface area (Å²) in [6.07, 6.45) is -4.01. The number of hydrogen-bond donors (Lipinski definition) is 0. The molecule has 0 radical (unpaired) electrons. The van der Waals surface area contributed by atoms with Crippen molar-refractivity contribution in [3.05, 3.63) is 0 Å². The summed E-state index contributed by atoms with van der Waals surface area (Å²) >= 11 is 0. The summed E-state index contributed by atoms with van der Waals surface area (Å²) < 4.78 is 26.1. The van der Waals surface area contributed by atoms with Crippen molar-refractivity contribution >= 4 is 31.7 Å². The third kappa shape index (κ3) is 5.84. The van der Waals surface area contributed by atoms with Gasteiger partial charge in [0.1, 0.15) is 20.6 Å². The summed E-state index contributed by atoms with van der Waals surface area (Å²) in [5.41, 5.74) is 0. The molecule has 1 aliphatic rings. The third-order valence-corrected chi connectivity index (χ3v) is 3.22. The zero-order valence-electron chi connectivity index (χ0n) is 14.3. The lowest BCUT2D eigenvalue weighted by molar-refractivity contribution is -0.239. The standard InChI is InChI=1S/C14H21BO9/c1-6(16)20-5-10-11(21-7(2)17)12(22-8(3)18)13(14(15)24-10)23-9(4)19/h10-14H,5,15H2,1-4H3/t10-,11-,12+,13-,14?/m0/s1. The van der Waals surface area contributed by atoms with Crippen molar-refractivity contribution in [1.82, 2.24) is 0 Å². The fraction of sp³-hybridized carbons (Fsp3) is 0.714. The first kappa shape index (κ1) is 20.0. The molecule has 5 atom stereocenters. The van der Waals surface area contributed by atoms with E-state index in [1.54, 1.807) is 7.85 Å². The van der Waals surface area contributed by atoms with Gasteiger partial charge >= 0.3 is 23.9 Å². The highest BCUT2D eigenvalue weighted by atomic mass is 16.7. The fourth-order valence-corrected chi connectivity index (χ4v) is 2.44. The van der Waals surface area contributed by atoms with Crippen LogP contribution in [-0.4, -0.2) is 68.7 Å². The molecule has 1 unspecified atom stereocenters. The van der Waals surface area contributed by atoms with Gasteiger partial charge in [-0.2, -0.15) is 0 Å². The summed E-state index contributed by atoms with van der Waals surface area (Å²) in [5.74, 6) is -2.44. The second kappa shape index (κ2) is 8.67. The maximum absolute atomic E-state index is 11.4. The second-order valence-corrected chi connectivity index (χ2v) is 5.40. The number of ether oxygens (including phenoxy) is 5. The predicted octanol–water partition coefficient (Wildman–Crippen LogP) is -1.30. The van der Waals surface area contributed by atoms with Gasteiger partial charge in [-0.15, -0.1) is 0 Å². The lowest BCUT2D eigenvalue weighted by Crippen LogP contribution is -2.62. The van der Waals surface area contributed by atoms with E-state index in [2.05, 4.69) is 0 Å². The Bertz CT molecular complexity index is 506. The Hall–Kier alpha value is -2.10. The van der Waals surface area contributed by atoms with Crippen LogP contribution in [0.4, 0.5) is 0 Å². The van der Waals surface area contributed by atoms with Gasteiger partial charge in [0, 0.05) is 27.7 Å². The minimum atomic E-state index is -1.09. The number of carbonyl (C=O) groups is 4. The molecule has 0 aromatic rings. The third-order valence-electron chi connectivity index (χ3n) is 3.22. The molecule has 24 heavy (non-hydrogen) atoms. The Labute approximate surface area is 140 Å². The maximum Gasteiger partial charge on any atom is 0.303 e. The molecule has 1 rings (SSSR count). The summed E-state index contributed by atoms with van der Waals surface area (Å²) in [6, 6.07) is -0.675. The number of carbonyl (C=O) groups excluding carboxylic acids is 4. The van der Waals surface area contributed by atoms with Gasteiger partial charge in [0.25, 0.3) is 0 Å². The van der Waals surface area contributed by atoms with Crippen molar-refractivity contribution in [3.8, 4) is 0 Å². The monoisotopic (exact) mass is 344 g/mol. The quantitative estimate of drug-likeness (QED) is 0.341. The zero-order valence-corrected chi connectivity index (χ0v) is 14.3. The van der Waals surface area contributed by atoms with Crippen molar-refractivity contribution in [2.24, 2.45) is 0 Å². The highest BCUT2D eigenvalue weighted by Crippen LogP contribution is 2.27. The van der Waals surface area contributed by atoms with Crippen LogP contribution < -0.4 is 0 Å². The van der Waals surface area contributed by atoms with Crippen LogP contribution in [0.3, 0.4) is 0 Å². The molecule has 1 aliphatic heterocycles. The van der Waals surface area contributed by atoms with E-state index < -0.39 is 54.3 Å². The molecule has 0 saturated carbocycles. The van der Waals surface area contributed by atoms with Gasteiger partial charge in [-0.1, -0.05) is 0 Å². The van der Waals surface area contributed by atoms with Gasteiger partial charge in [-0.05, 0) is 0 Å². The van der Waals surface area contributed by atoms with E-state index in [0.717, 1.165) is 0 Å². The molecule has 0 aliphatic carbocycles. The van der Waals surface area contributed by atoms with Crippen LogP contribution >= 0.6 is 0 Å². The fourth-order valence-electron chi connectivity index (χ4n) is 2.44. The SMILES string of the molecule is BC1O[C@@H](COC(C)=O)[C@H](OC(C)=O)[C@@H](OC(C)=O)[C@@H]1OC(C)=O. The lowest BCUT2D eigenvalue weighted by Gasteiger charge is -2.43. The van der Waals surface area contributed by atoms with Crippen LogP contribution in [0.2, 0.25) is 0 Å². The minimum absolute atomic E-state index is 0.206. The lowest BCUT2D eigenvalue weighted by atomic mass is 9.84. The van der Waals surface area contributed by atoms with Crippen LogP contribution in [0.25, 0.3) is 0 Å². The van der Waals surface area contributed by atoms with Crippen molar-refractivity contribution in [1.29, 1.82) is 0 Å². The van der Waals surface area contributed by atoms with Crippen LogP contribution in [0.1, 0.15) is 27.7 Å². The zero-order chi connectivity index (χ0) is 18.4. The largest absolute Gasteiger partial charge is 0.463 e. The highest BCUT2D eigenvalue weighted by Gasteiger charge is 2.50. The van der Waals surface area contributed by atoms with E-state index in [-0.39, 0.29) is 6.61 Å². The summed E-state index contributed by atoms with van der Waals surface area (Å²) in [4.78, 5) is 45.2. The van der Waals surface area contributed by atoms with Gasteiger partial charge in [-0.25, -0.2) is 0 Å². The van der Waals surface area contributed by atoms with Crippen LogP contribution in [-0.2, 0) is 42.9 Å². The molecule has 0 aromatic carbocycles. The van der Waals surface area contributed by atoms with Crippen LogP contribution in [0.5, 0.6) is 0 Å². The topological polar surface area (TPSA) is 114 Å². The molecular formula is C14H21BO9. The predicted molar refractivity (Wildman–Crippen MR) is 80.5 cm³/mol. The average Bonchev–Trinajstić information content (AvgIpc) is 2.42. The maximum atomic E-state index is 11.4. The van der Waals surface area contributed by atoms with Gasteiger partial charge < -0.3 is 23.7 Å². The van der Waals surface area contributed by atoms with Crippen molar-refractivity contribution < 1.29 is 42.9 Å². The molecule has 1 heterocycles. The average molecular weight is 344 g/mol. The molecule has 0 amide bonds. The van der Waals surface area contributed by atoms with Crippen molar-refractivity contribution in [2.45, 2.75) is 58.1 Å². The van der Waals surface area contributed by atoms with Crippen LogP contribution in [0.15, 0.2) is 0 Å². The van der Waals surface area contributed by atoms with Gasteiger partial charge in [0.05, 0.1) is 6.00 Å². The highest BCUT2D eigenvalue weighted by molar-refractivity contribution is 6.11. The normalized spacial score (nSPS) is 29.2. The van der Waals surface area contributed by atoms with E-state index in [9.17, 15) is 19.2 Å². The first-order chi connectivity index (χ1) is 11.1. The number of hydrogen-bond acceptors (Lipinski definition) is 9. The molecule has 1 fully saturated rings. The molecule has 0 aromatic heterocycles. The smallest absolute Gasteiger partial charge is 0.303 e. The first-order valence-electron chi connectivity index (χ1n) is 7.42. The van der Waals surface area contributed by atoms with Gasteiger partial charge in [0.15, 0.2) is 18.3 Å². The molecule has 9 nitrogen and oxygen atoms in total. The second-order valence-electron chi connectivity index (χ2n) is 5.40. The van der Waals surface area contributed by atoms with Crippen molar-refractivity contribution in [3.63, 3.8) is 0 Å². The minimum Gasteiger partial charge on any atom is -0.463 e. The Morgan fingerprint density at radius 1 is 0.792 bits per heavy atom. The molecule has 10 heteroatoms. The number of rotatable bonds is 5. The van der Waals surface area contributed by atoms with Crippen LogP contribution in [0, 0.1) is 0 Å². The van der Waals surface area contributed by atoms with E-state index in [1.807, 2.05) is 0 Å². The van der Waals surface area contributed by atoms with E-state index in [4.69, 9.17) is 23.7 Å². The van der Waals surface area contributed by atoms with Gasteiger partial charge in [0.2, 0.25) is 0 Å². The molecule has 0 spiro atoms. The van der Waals surface area contributed by atoms with Crippen molar-refractivity contribution in [2.75, 3.05) is 6.61 Å². The summed E-state index contributed by atoms with van der Waals surface area (Å²) in [6.45, 7) is 4.56. The Kier molecular flexibility index (Phi) is 7.21. The Morgan fingerprint density at radius 2 is 1.25 bits per heavy atom. The van der Waals surface area contributed by atoms with E-state index >= 15 is 0 Å². The molecule has 0 bridgehead atoms. The first-order valence-corrected chi connectivity index (χ1v) is 7.42. The number of esters is 4.